The van der Waals surface area contributed by atoms with E-state index < -0.39 is 0 Å². The normalized spacial score (nSPS) is 16.2. The van der Waals surface area contributed by atoms with Crippen molar-refractivity contribution < 1.29 is 4.79 Å². The minimum Gasteiger partial charge on any atom is -0.370 e. The molecule has 0 spiro atoms. The lowest BCUT2D eigenvalue weighted by molar-refractivity contribution is 0.100. The molecular weight excluding hydrogens is 226 g/mol. The summed E-state index contributed by atoms with van der Waals surface area (Å²) >= 11 is 0. The van der Waals surface area contributed by atoms with Crippen molar-refractivity contribution in [1.29, 1.82) is 0 Å². The second-order valence-corrected chi connectivity index (χ2v) is 4.80. The van der Waals surface area contributed by atoms with Crippen molar-refractivity contribution in [3.8, 4) is 0 Å². The first-order valence-electron chi connectivity index (χ1n) is 6.41. The Hall–Kier alpha value is -1.84. The molecule has 0 aliphatic heterocycles. The van der Waals surface area contributed by atoms with Crippen molar-refractivity contribution in [2.24, 2.45) is 16.5 Å². The van der Waals surface area contributed by atoms with Gasteiger partial charge in [0.1, 0.15) is 0 Å². The van der Waals surface area contributed by atoms with Crippen molar-refractivity contribution in [2.75, 3.05) is 0 Å². The maximum absolute atomic E-state index is 11.6. The molecule has 1 amide bonds. The summed E-state index contributed by atoms with van der Waals surface area (Å²) in [5, 5.41) is 0. The lowest BCUT2D eigenvalue weighted by atomic mass is 9.84. The molecule has 18 heavy (non-hydrogen) atoms. The van der Waals surface area contributed by atoms with Crippen LogP contribution in [0.3, 0.4) is 0 Å². The van der Waals surface area contributed by atoms with E-state index >= 15 is 0 Å². The molecule has 0 heterocycles. The van der Waals surface area contributed by atoms with Gasteiger partial charge < -0.3 is 11.5 Å². The predicted molar refractivity (Wildman–Crippen MR) is 72.4 cm³/mol. The third-order valence-electron chi connectivity index (χ3n) is 3.46. The molecule has 1 aromatic carbocycles. The summed E-state index contributed by atoms with van der Waals surface area (Å²) in [6.45, 7) is 0. The van der Waals surface area contributed by atoms with Gasteiger partial charge in [-0.05, 0) is 36.5 Å². The standard InChI is InChI=1S/C14H19N3O/c15-14(16)17-13(18)12-8-6-11(7-9-12)10-4-2-1-3-5-10/h6-10H,1-5H2,(H4,15,16,17,18). The van der Waals surface area contributed by atoms with Crippen LogP contribution in [0.25, 0.3) is 0 Å². The highest BCUT2D eigenvalue weighted by molar-refractivity contribution is 6.01. The predicted octanol–water partition coefficient (Wildman–Crippen LogP) is 2.15. The van der Waals surface area contributed by atoms with Gasteiger partial charge in [0.05, 0.1) is 0 Å². The fourth-order valence-electron chi connectivity index (χ4n) is 2.52. The summed E-state index contributed by atoms with van der Waals surface area (Å²) in [4.78, 5) is 15.1. The highest BCUT2D eigenvalue weighted by atomic mass is 16.1. The molecule has 0 unspecified atom stereocenters. The van der Waals surface area contributed by atoms with Crippen LogP contribution in [0.2, 0.25) is 0 Å². The summed E-state index contributed by atoms with van der Waals surface area (Å²) in [5.41, 5.74) is 12.2. The minimum atomic E-state index is -0.384. The van der Waals surface area contributed by atoms with Crippen molar-refractivity contribution >= 4 is 11.9 Å². The van der Waals surface area contributed by atoms with Crippen LogP contribution >= 0.6 is 0 Å². The Bertz CT molecular complexity index is 441. The van der Waals surface area contributed by atoms with Gasteiger partial charge in [-0.3, -0.25) is 4.79 Å². The van der Waals surface area contributed by atoms with Gasteiger partial charge in [0.25, 0.3) is 5.91 Å². The zero-order valence-corrected chi connectivity index (χ0v) is 10.4. The molecule has 1 fully saturated rings. The number of nitrogens with zero attached hydrogens (tertiary/aromatic N) is 1. The first kappa shape index (κ1) is 12.6. The van der Waals surface area contributed by atoms with Crippen molar-refractivity contribution in [2.45, 2.75) is 38.0 Å². The van der Waals surface area contributed by atoms with Gasteiger partial charge in [-0.15, -0.1) is 0 Å². The number of aliphatic imine (C=N–C) groups is 1. The SMILES string of the molecule is NC(N)=NC(=O)c1ccc(C2CCCCC2)cc1. The summed E-state index contributed by atoms with van der Waals surface area (Å²) in [6.07, 6.45) is 6.46. The zero-order valence-electron chi connectivity index (χ0n) is 10.4. The number of nitrogens with two attached hydrogens (primary N) is 2. The molecule has 1 saturated carbocycles. The Balaban J connectivity index is 2.09. The fraction of sp³-hybridized carbons (Fsp3) is 0.429. The molecule has 4 heteroatoms. The lowest BCUT2D eigenvalue weighted by Crippen LogP contribution is -2.24. The number of amides is 1. The van der Waals surface area contributed by atoms with Crippen LogP contribution in [0.5, 0.6) is 0 Å². The largest absolute Gasteiger partial charge is 0.370 e. The molecule has 0 atom stereocenters. The Labute approximate surface area is 107 Å². The van der Waals surface area contributed by atoms with E-state index in [9.17, 15) is 4.79 Å². The maximum Gasteiger partial charge on any atom is 0.280 e. The molecule has 1 aliphatic carbocycles. The number of hydrogen-bond donors (Lipinski definition) is 2. The van der Waals surface area contributed by atoms with Crippen LogP contribution in [-0.4, -0.2) is 11.9 Å². The topological polar surface area (TPSA) is 81.5 Å². The number of rotatable bonds is 2. The van der Waals surface area contributed by atoms with Crippen LogP contribution in [0.1, 0.15) is 53.9 Å². The average molecular weight is 245 g/mol. The first-order valence-corrected chi connectivity index (χ1v) is 6.41. The Kier molecular flexibility index (Phi) is 3.97. The zero-order chi connectivity index (χ0) is 13.0. The fourth-order valence-corrected chi connectivity index (χ4v) is 2.52. The monoisotopic (exact) mass is 245 g/mol. The highest BCUT2D eigenvalue weighted by Gasteiger charge is 2.15. The van der Waals surface area contributed by atoms with Gasteiger partial charge in [0.15, 0.2) is 5.96 Å². The first-order chi connectivity index (χ1) is 8.66. The van der Waals surface area contributed by atoms with Gasteiger partial charge in [0, 0.05) is 5.56 Å². The van der Waals surface area contributed by atoms with Gasteiger partial charge in [-0.25, -0.2) is 0 Å². The third-order valence-corrected chi connectivity index (χ3v) is 3.46. The maximum atomic E-state index is 11.6. The van der Waals surface area contributed by atoms with E-state index in [0.29, 0.717) is 11.5 Å². The molecule has 4 N–H and O–H groups in total. The summed E-state index contributed by atoms with van der Waals surface area (Å²) < 4.78 is 0. The molecule has 96 valence electrons. The molecule has 1 aliphatic rings. The molecule has 0 bridgehead atoms. The molecule has 0 saturated heterocycles. The molecule has 2 rings (SSSR count). The van der Waals surface area contributed by atoms with E-state index in [0.717, 1.165) is 0 Å². The van der Waals surface area contributed by atoms with Crippen LogP contribution in [0, 0.1) is 0 Å². The smallest absolute Gasteiger partial charge is 0.280 e. The van der Waals surface area contributed by atoms with Gasteiger partial charge >= 0.3 is 0 Å². The second kappa shape index (κ2) is 5.67. The van der Waals surface area contributed by atoms with Gasteiger partial charge in [-0.1, -0.05) is 31.4 Å². The number of carbonyl (C=O) groups is 1. The summed E-state index contributed by atoms with van der Waals surface area (Å²) in [6, 6.07) is 7.65. The van der Waals surface area contributed by atoms with Gasteiger partial charge in [-0.2, -0.15) is 4.99 Å². The molecule has 4 nitrogen and oxygen atoms in total. The molecule has 0 radical (unpaired) electrons. The van der Waals surface area contributed by atoms with E-state index in [-0.39, 0.29) is 11.9 Å². The summed E-state index contributed by atoms with van der Waals surface area (Å²) in [7, 11) is 0. The van der Waals surface area contributed by atoms with E-state index in [1.807, 2.05) is 12.1 Å². The van der Waals surface area contributed by atoms with E-state index in [1.54, 1.807) is 12.1 Å². The second-order valence-electron chi connectivity index (χ2n) is 4.80. The molecule has 0 aromatic heterocycles. The minimum absolute atomic E-state index is 0.198. The van der Waals surface area contributed by atoms with Crippen molar-refractivity contribution in [3.05, 3.63) is 35.4 Å². The van der Waals surface area contributed by atoms with Crippen molar-refractivity contribution in [1.82, 2.24) is 0 Å². The van der Waals surface area contributed by atoms with E-state index in [4.69, 9.17) is 11.5 Å². The summed E-state index contributed by atoms with van der Waals surface area (Å²) in [5.74, 6) is 0.0625. The number of hydrogen-bond acceptors (Lipinski definition) is 1. The Morgan fingerprint density at radius 1 is 1.06 bits per heavy atom. The lowest BCUT2D eigenvalue weighted by Gasteiger charge is -2.21. The van der Waals surface area contributed by atoms with Crippen LogP contribution in [0.4, 0.5) is 0 Å². The van der Waals surface area contributed by atoms with Crippen LogP contribution in [-0.2, 0) is 0 Å². The highest BCUT2D eigenvalue weighted by Crippen LogP contribution is 2.32. The average Bonchev–Trinajstić information content (AvgIpc) is 2.39. The number of guanidine groups is 1. The van der Waals surface area contributed by atoms with Crippen LogP contribution < -0.4 is 11.5 Å². The van der Waals surface area contributed by atoms with Crippen LogP contribution in [0.15, 0.2) is 29.3 Å². The van der Waals surface area contributed by atoms with Gasteiger partial charge in [0.2, 0.25) is 0 Å². The van der Waals surface area contributed by atoms with E-state index in [1.165, 1.54) is 37.7 Å². The molecular formula is C14H19N3O. The van der Waals surface area contributed by atoms with E-state index in [2.05, 4.69) is 4.99 Å². The van der Waals surface area contributed by atoms with Crippen molar-refractivity contribution in [3.63, 3.8) is 0 Å². The Morgan fingerprint density at radius 3 is 2.22 bits per heavy atom. The number of benzene rings is 1. The quantitative estimate of drug-likeness (QED) is 0.618. The molecule has 1 aromatic rings. The third kappa shape index (κ3) is 3.09. The number of carbonyl (C=O) groups excluding carboxylic acids is 1. The Morgan fingerprint density at radius 2 is 1.67 bits per heavy atom.